The number of rotatable bonds is 11. The molecule has 0 fully saturated rings. The van der Waals surface area contributed by atoms with E-state index in [-0.39, 0.29) is 24.9 Å². The molecule has 0 bridgehead atoms. The van der Waals surface area contributed by atoms with Gasteiger partial charge in [0.15, 0.2) is 0 Å². The fourth-order valence-corrected chi connectivity index (χ4v) is 5.36. The summed E-state index contributed by atoms with van der Waals surface area (Å²) < 4.78 is 26.8. The third-order valence-corrected chi connectivity index (χ3v) is 7.70. The molecule has 0 aromatic heterocycles. The van der Waals surface area contributed by atoms with Crippen molar-refractivity contribution in [2.75, 3.05) is 17.1 Å². The molecule has 0 heterocycles. The predicted octanol–water partition coefficient (Wildman–Crippen LogP) is 5.23. The van der Waals surface area contributed by atoms with Crippen molar-refractivity contribution in [2.24, 2.45) is 0 Å². The number of carbonyl (C=O) groups is 2. The zero-order chi connectivity index (χ0) is 28.7. The predicted molar refractivity (Wildman–Crippen MR) is 158 cm³/mol. The fourth-order valence-electron chi connectivity index (χ4n) is 4.17. The molecule has 7 nitrogen and oxygen atoms in total. The van der Waals surface area contributed by atoms with Gasteiger partial charge in [0, 0.05) is 29.1 Å². The molecule has 208 valence electrons. The van der Waals surface area contributed by atoms with Gasteiger partial charge in [-0.15, -0.1) is 0 Å². The number of benzene rings is 3. The highest BCUT2D eigenvalue weighted by Crippen LogP contribution is 2.27. The largest absolute Gasteiger partial charge is 0.352 e. The van der Waals surface area contributed by atoms with Crippen LogP contribution in [0.5, 0.6) is 0 Å². The van der Waals surface area contributed by atoms with Crippen LogP contribution in [0.1, 0.15) is 30.5 Å². The molecule has 0 aliphatic heterocycles. The van der Waals surface area contributed by atoms with Crippen molar-refractivity contribution in [3.63, 3.8) is 0 Å². The van der Waals surface area contributed by atoms with Gasteiger partial charge in [-0.25, -0.2) is 8.42 Å². The van der Waals surface area contributed by atoms with Crippen molar-refractivity contribution >= 4 is 50.7 Å². The van der Waals surface area contributed by atoms with Gasteiger partial charge in [0.05, 0.1) is 11.9 Å². The second kappa shape index (κ2) is 13.3. The van der Waals surface area contributed by atoms with Crippen LogP contribution >= 0.6 is 23.2 Å². The Labute approximate surface area is 240 Å². The summed E-state index contributed by atoms with van der Waals surface area (Å²) in [7, 11) is -3.88. The Hall–Kier alpha value is -3.07. The summed E-state index contributed by atoms with van der Waals surface area (Å²) in [4.78, 5) is 29.0. The molecule has 0 spiro atoms. The highest BCUT2D eigenvalue weighted by Gasteiger charge is 2.33. The van der Waals surface area contributed by atoms with E-state index in [9.17, 15) is 18.0 Å². The number of aryl methyl sites for hydroxylation is 1. The number of amides is 2. The molecule has 10 heteroatoms. The van der Waals surface area contributed by atoms with Crippen LogP contribution in [0.4, 0.5) is 5.69 Å². The van der Waals surface area contributed by atoms with Crippen LogP contribution in [-0.4, -0.2) is 50.0 Å². The lowest BCUT2D eigenvalue weighted by Crippen LogP contribution is -2.54. The van der Waals surface area contributed by atoms with Gasteiger partial charge < -0.3 is 10.2 Å². The zero-order valence-corrected chi connectivity index (χ0v) is 24.7. The molecule has 1 N–H and O–H groups in total. The molecule has 3 rings (SSSR count). The maximum Gasteiger partial charge on any atom is 0.244 e. The molecule has 0 unspecified atom stereocenters. The van der Waals surface area contributed by atoms with Crippen molar-refractivity contribution in [3.05, 3.63) is 99.5 Å². The quantitative estimate of drug-likeness (QED) is 0.331. The van der Waals surface area contributed by atoms with E-state index in [1.807, 2.05) is 44.2 Å². The van der Waals surface area contributed by atoms with Crippen molar-refractivity contribution in [3.8, 4) is 0 Å². The van der Waals surface area contributed by atoms with E-state index in [4.69, 9.17) is 23.2 Å². The van der Waals surface area contributed by atoms with Crippen LogP contribution in [0.2, 0.25) is 10.0 Å². The highest BCUT2D eigenvalue weighted by molar-refractivity contribution is 7.92. The van der Waals surface area contributed by atoms with Gasteiger partial charge in [-0.2, -0.15) is 0 Å². The minimum absolute atomic E-state index is 0.0746. The van der Waals surface area contributed by atoms with Gasteiger partial charge >= 0.3 is 0 Å². The van der Waals surface area contributed by atoms with E-state index in [1.54, 1.807) is 43.3 Å². The number of hydrogen-bond acceptors (Lipinski definition) is 4. The van der Waals surface area contributed by atoms with Gasteiger partial charge in [-0.1, -0.05) is 71.7 Å². The Morgan fingerprint density at radius 2 is 1.51 bits per heavy atom. The number of hydrogen-bond donors (Lipinski definition) is 1. The second-order valence-electron chi connectivity index (χ2n) is 9.72. The monoisotopic (exact) mass is 589 g/mol. The topological polar surface area (TPSA) is 86.8 Å². The van der Waals surface area contributed by atoms with Crippen molar-refractivity contribution in [1.29, 1.82) is 0 Å². The van der Waals surface area contributed by atoms with E-state index >= 15 is 0 Å². The number of nitrogens with one attached hydrogen (secondary N) is 1. The van der Waals surface area contributed by atoms with Gasteiger partial charge in [-0.05, 0) is 61.7 Å². The number of carbonyl (C=O) groups excluding carboxylic acids is 2. The Balaban J connectivity index is 2.07. The summed E-state index contributed by atoms with van der Waals surface area (Å²) in [6.45, 7) is 5.00. The van der Waals surface area contributed by atoms with E-state index < -0.39 is 28.5 Å². The number of nitrogens with zero attached hydrogens (tertiary/aromatic N) is 2. The fraction of sp³-hybridized carbons (Fsp3) is 0.310. The lowest BCUT2D eigenvalue weighted by molar-refractivity contribution is -0.140. The van der Waals surface area contributed by atoms with E-state index in [0.717, 1.165) is 21.7 Å². The maximum atomic E-state index is 14.0. The summed E-state index contributed by atoms with van der Waals surface area (Å²) in [5, 5.41) is 3.80. The normalized spacial score (nSPS) is 12.2. The molecular formula is C29H33Cl2N3O4S. The maximum absolute atomic E-state index is 14.0. The first-order valence-corrected chi connectivity index (χ1v) is 15.1. The molecule has 3 aromatic carbocycles. The average molecular weight is 591 g/mol. The Kier molecular flexibility index (Phi) is 10.4. The Bertz CT molecular complexity index is 1400. The smallest absolute Gasteiger partial charge is 0.244 e. The van der Waals surface area contributed by atoms with Crippen LogP contribution < -0.4 is 9.62 Å². The van der Waals surface area contributed by atoms with Crippen molar-refractivity contribution in [1.82, 2.24) is 10.2 Å². The molecule has 0 aliphatic carbocycles. The number of sulfonamides is 1. The highest BCUT2D eigenvalue weighted by atomic mass is 35.5. The summed E-state index contributed by atoms with van der Waals surface area (Å²) in [5.74, 6) is -0.865. The Morgan fingerprint density at radius 3 is 2.10 bits per heavy atom. The molecule has 2 amide bonds. The van der Waals surface area contributed by atoms with Crippen LogP contribution in [0.3, 0.4) is 0 Å². The van der Waals surface area contributed by atoms with Gasteiger partial charge in [-0.3, -0.25) is 13.9 Å². The molecule has 39 heavy (non-hydrogen) atoms. The molecule has 0 saturated heterocycles. The molecule has 1 atom stereocenters. The first kappa shape index (κ1) is 30.5. The third-order valence-electron chi connectivity index (χ3n) is 6.09. The summed E-state index contributed by atoms with van der Waals surface area (Å²) in [6.07, 6.45) is 1.28. The van der Waals surface area contributed by atoms with E-state index in [2.05, 4.69) is 5.32 Å². The molecule has 0 saturated carbocycles. The lowest BCUT2D eigenvalue weighted by atomic mass is 10.0. The van der Waals surface area contributed by atoms with E-state index in [0.29, 0.717) is 21.3 Å². The average Bonchev–Trinajstić information content (AvgIpc) is 2.86. The second-order valence-corrected chi connectivity index (χ2v) is 12.5. The number of anilines is 1. The van der Waals surface area contributed by atoms with Crippen LogP contribution in [0, 0.1) is 6.92 Å². The summed E-state index contributed by atoms with van der Waals surface area (Å²) in [6, 6.07) is 20.1. The zero-order valence-electron chi connectivity index (χ0n) is 22.4. The van der Waals surface area contributed by atoms with E-state index in [1.165, 1.54) is 11.0 Å². The molecule has 0 radical (unpaired) electrons. The Morgan fingerprint density at radius 1 is 0.897 bits per heavy atom. The minimum Gasteiger partial charge on any atom is -0.352 e. The van der Waals surface area contributed by atoms with Crippen LogP contribution in [-0.2, 0) is 32.6 Å². The van der Waals surface area contributed by atoms with Gasteiger partial charge in [0.1, 0.15) is 12.6 Å². The summed E-state index contributed by atoms with van der Waals surface area (Å²) >= 11 is 12.3. The number of halogens is 2. The molecule has 3 aromatic rings. The first-order chi connectivity index (χ1) is 18.3. The third kappa shape index (κ3) is 8.71. The molecule has 0 aliphatic rings. The summed E-state index contributed by atoms with van der Waals surface area (Å²) in [5.41, 5.74) is 2.55. The first-order valence-electron chi connectivity index (χ1n) is 12.5. The lowest BCUT2D eigenvalue weighted by Gasteiger charge is -2.34. The SMILES string of the molecule is Cc1ccc(Cl)cc1N(CC(=O)N(Cc1ccc(Cl)cc1)[C@@H](Cc1ccccc1)C(=O)NC(C)C)S(C)(=O)=O. The van der Waals surface area contributed by atoms with Gasteiger partial charge in [0.25, 0.3) is 0 Å². The van der Waals surface area contributed by atoms with Gasteiger partial charge in [0.2, 0.25) is 21.8 Å². The standard InChI is InChI=1S/C29H33Cl2N3O4S/c1-20(2)32-29(36)27(16-22-8-6-5-7-9-22)33(18-23-11-14-24(30)15-12-23)28(35)19-34(39(4,37)38)26-17-25(31)13-10-21(26)3/h5-15,17,20,27H,16,18-19H2,1-4H3,(H,32,36)/t27-/m0/s1. The minimum atomic E-state index is -3.88. The van der Waals surface area contributed by atoms with Crippen LogP contribution in [0.15, 0.2) is 72.8 Å². The van der Waals surface area contributed by atoms with Crippen LogP contribution in [0.25, 0.3) is 0 Å². The van der Waals surface area contributed by atoms with Crippen molar-refractivity contribution in [2.45, 2.75) is 45.8 Å². The van der Waals surface area contributed by atoms with Crippen molar-refractivity contribution < 1.29 is 18.0 Å². The molecular weight excluding hydrogens is 557 g/mol.